The number of carbonyl (C=O) groups is 2. The predicted molar refractivity (Wildman–Crippen MR) is 124 cm³/mol. The van der Waals surface area contributed by atoms with Crippen LogP contribution in [0.4, 0.5) is 16.2 Å². The van der Waals surface area contributed by atoms with Gasteiger partial charge in [-0.05, 0) is 43.2 Å². The molecule has 2 rings (SSSR count). The number of urea groups is 1. The number of hydrogen-bond donors (Lipinski definition) is 2. The largest absolute Gasteiger partial charge is 0.377 e. The van der Waals surface area contributed by atoms with E-state index in [1.165, 1.54) is 0 Å². The number of anilines is 2. The topological polar surface area (TPSA) is 64.7 Å². The van der Waals surface area contributed by atoms with Crippen molar-refractivity contribution in [2.45, 2.75) is 40.3 Å². The number of benzene rings is 2. The van der Waals surface area contributed by atoms with E-state index in [0.29, 0.717) is 18.8 Å². The zero-order chi connectivity index (χ0) is 22.3. The van der Waals surface area contributed by atoms with E-state index in [0.717, 1.165) is 16.8 Å². The molecule has 0 spiro atoms. The Morgan fingerprint density at radius 3 is 2.23 bits per heavy atom. The number of amides is 3. The Bertz CT molecular complexity index is 850. The van der Waals surface area contributed by atoms with Crippen molar-refractivity contribution in [3.05, 3.63) is 59.7 Å². The Labute approximate surface area is 180 Å². The molecule has 30 heavy (non-hydrogen) atoms. The average molecular weight is 411 g/mol. The molecule has 162 valence electrons. The fourth-order valence-corrected chi connectivity index (χ4v) is 3.39. The molecule has 2 aromatic carbocycles. The summed E-state index contributed by atoms with van der Waals surface area (Å²) < 4.78 is 0. The molecule has 0 aliphatic heterocycles. The molecule has 6 heteroatoms. The van der Waals surface area contributed by atoms with Crippen LogP contribution in [0.2, 0.25) is 0 Å². The van der Waals surface area contributed by atoms with Crippen molar-refractivity contribution >= 4 is 23.3 Å². The zero-order valence-corrected chi connectivity index (χ0v) is 18.9. The van der Waals surface area contributed by atoms with Gasteiger partial charge in [-0.2, -0.15) is 0 Å². The van der Waals surface area contributed by atoms with Gasteiger partial charge in [0.2, 0.25) is 5.91 Å². The molecule has 0 radical (unpaired) electrons. The highest BCUT2D eigenvalue weighted by Crippen LogP contribution is 2.29. The van der Waals surface area contributed by atoms with Crippen molar-refractivity contribution in [1.29, 1.82) is 0 Å². The quantitative estimate of drug-likeness (QED) is 0.666. The summed E-state index contributed by atoms with van der Waals surface area (Å²) in [5.74, 6) is -0.0197. The fourth-order valence-electron chi connectivity index (χ4n) is 3.39. The Kier molecular flexibility index (Phi) is 8.27. The first-order valence-corrected chi connectivity index (χ1v) is 10.4. The van der Waals surface area contributed by atoms with E-state index in [4.69, 9.17) is 0 Å². The molecule has 2 aromatic rings. The van der Waals surface area contributed by atoms with Crippen LogP contribution in [0.1, 0.15) is 44.9 Å². The lowest BCUT2D eigenvalue weighted by atomic mass is 10.0. The van der Waals surface area contributed by atoms with Gasteiger partial charge in [0.05, 0.1) is 6.04 Å². The second-order valence-corrected chi connectivity index (χ2v) is 7.93. The molecule has 0 unspecified atom stereocenters. The maximum atomic E-state index is 13.1. The Morgan fingerprint density at radius 2 is 1.67 bits per heavy atom. The molecule has 1 atom stereocenters. The van der Waals surface area contributed by atoms with E-state index < -0.39 is 0 Å². The van der Waals surface area contributed by atoms with Gasteiger partial charge in [0.15, 0.2) is 0 Å². The number of rotatable bonds is 8. The van der Waals surface area contributed by atoms with E-state index in [1.807, 2.05) is 93.2 Å². The molecule has 0 aromatic heterocycles. The highest BCUT2D eigenvalue weighted by atomic mass is 16.2. The molecule has 0 heterocycles. The van der Waals surface area contributed by atoms with Gasteiger partial charge in [-0.3, -0.25) is 4.79 Å². The molecule has 0 saturated carbocycles. The summed E-state index contributed by atoms with van der Waals surface area (Å²) in [7, 11) is 3.95. The SMILES string of the molecule is CCNC(=O)Nc1ccc(N(C)C)c(CN(C(=O)C(C)C)[C@H](C)c2ccccc2)c1. The molecular formula is C24H34N4O2. The third-order valence-electron chi connectivity index (χ3n) is 5.02. The fraction of sp³-hybridized carbons (Fsp3) is 0.417. The monoisotopic (exact) mass is 410 g/mol. The number of carbonyl (C=O) groups excluding carboxylic acids is 2. The molecule has 6 nitrogen and oxygen atoms in total. The second kappa shape index (κ2) is 10.7. The molecule has 0 aliphatic carbocycles. The summed E-state index contributed by atoms with van der Waals surface area (Å²) in [5, 5.41) is 5.60. The molecule has 2 N–H and O–H groups in total. The number of hydrogen-bond acceptors (Lipinski definition) is 3. The van der Waals surface area contributed by atoms with Crippen LogP contribution in [0.5, 0.6) is 0 Å². The van der Waals surface area contributed by atoms with Crippen LogP contribution in [-0.2, 0) is 11.3 Å². The molecule has 0 bridgehead atoms. The summed E-state index contributed by atoms with van der Waals surface area (Å²) >= 11 is 0. The molecule has 0 fully saturated rings. The highest BCUT2D eigenvalue weighted by Gasteiger charge is 2.25. The Hall–Kier alpha value is -3.02. The Balaban J connectivity index is 2.41. The van der Waals surface area contributed by atoms with Gasteiger partial charge in [0.1, 0.15) is 0 Å². The maximum Gasteiger partial charge on any atom is 0.319 e. The third-order valence-corrected chi connectivity index (χ3v) is 5.02. The van der Waals surface area contributed by atoms with Crippen LogP contribution in [0.25, 0.3) is 0 Å². The van der Waals surface area contributed by atoms with Crippen molar-refractivity contribution in [3.8, 4) is 0 Å². The van der Waals surface area contributed by atoms with Gasteiger partial charge in [-0.25, -0.2) is 4.79 Å². The minimum Gasteiger partial charge on any atom is -0.377 e. The maximum absolute atomic E-state index is 13.1. The van der Waals surface area contributed by atoms with Crippen molar-refractivity contribution in [3.63, 3.8) is 0 Å². The smallest absolute Gasteiger partial charge is 0.319 e. The summed E-state index contributed by atoms with van der Waals surface area (Å²) in [6, 6.07) is 15.5. The first-order valence-electron chi connectivity index (χ1n) is 10.4. The average Bonchev–Trinajstić information content (AvgIpc) is 2.71. The molecule has 0 saturated heterocycles. The van der Waals surface area contributed by atoms with Crippen LogP contribution in [0.15, 0.2) is 48.5 Å². The van der Waals surface area contributed by atoms with Crippen molar-refractivity contribution in [2.75, 3.05) is 30.9 Å². The second-order valence-electron chi connectivity index (χ2n) is 7.93. The first kappa shape index (κ1) is 23.3. The predicted octanol–water partition coefficient (Wildman–Crippen LogP) is 4.64. The van der Waals surface area contributed by atoms with Gasteiger partial charge in [0, 0.05) is 44.5 Å². The summed E-state index contributed by atoms with van der Waals surface area (Å²) in [6.45, 7) is 8.79. The van der Waals surface area contributed by atoms with E-state index in [-0.39, 0.29) is 23.9 Å². The Morgan fingerprint density at radius 1 is 1.00 bits per heavy atom. The van der Waals surface area contributed by atoms with Crippen LogP contribution in [-0.4, -0.2) is 37.5 Å². The summed E-state index contributed by atoms with van der Waals surface area (Å²) in [6.07, 6.45) is 0. The van der Waals surface area contributed by atoms with Gasteiger partial charge in [0.25, 0.3) is 0 Å². The zero-order valence-electron chi connectivity index (χ0n) is 18.9. The standard InChI is InChI=1S/C24H34N4O2/c1-7-25-24(30)26-21-13-14-22(27(5)6)20(15-21)16-28(23(29)17(2)3)18(4)19-11-9-8-10-12-19/h8-15,17-18H,7,16H2,1-6H3,(H2,25,26,30)/t18-/m1/s1. The lowest BCUT2D eigenvalue weighted by Crippen LogP contribution is -2.36. The van der Waals surface area contributed by atoms with E-state index >= 15 is 0 Å². The number of nitrogens with zero attached hydrogens (tertiary/aromatic N) is 2. The van der Waals surface area contributed by atoms with Gasteiger partial charge >= 0.3 is 6.03 Å². The first-order chi connectivity index (χ1) is 14.2. The van der Waals surface area contributed by atoms with Gasteiger partial charge in [-0.1, -0.05) is 44.2 Å². The van der Waals surface area contributed by atoms with Crippen molar-refractivity contribution in [1.82, 2.24) is 10.2 Å². The van der Waals surface area contributed by atoms with E-state index in [1.54, 1.807) is 0 Å². The van der Waals surface area contributed by atoms with E-state index in [9.17, 15) is 9.59 Å². The minimum atomic E-state index is -0.242. The van der Waals surface area contributed by atoms with Gasteiger partial charge < -0.3 is 20.4 Å². The molecular weight excluding hydrogens is 376 g/mol. The van der Waals surface area contributed by atoms with Crippen molar-refractivity contribution < 1.29 is 9.59 Å². The minimum absolute atomic E-state index is 0.0730. The summed E-state index contributed by atoms with van der Waals surface area (Å²) in [4.78, 5) is 29.0. The third kappa shape index (κ3) is 5.99. The van der Waals surface area contributed by atoms with Gasteiger partial charge in [-0.15, -0.1) is 0 Å². The molecule has 3 amide bonds. The van der Waals surface area contributed by atoms with Crippen molar-refractivity contribution in [2.24, 2.45) is 5.92 Å². The number of nitrogens with one attached hydrogen (secondary N) is 2. The normalized spacial score (nSPS) is 11.7. The lowest BCUT2D eigenvalue weighted by Gasteiger charge is -2.33. The van der Waals surface area contributed by atoms with Crippen LogP contribution in [0.3, 0.4) is 0 Å². The van der Waals surface area contributed by atoms with Crippen LogP contribution in [0, 0.1) is 5.92 Å². The lowest BCUT2D eigenvalue weighted by molar-refractivity contribution is -0.137. The van der Waals surface area contributed by atoms with Crippen LogP contribution >= 0.6 is 0 Å². The highest BCUT2D eigenvalue weighted by molar-refractivity contribution is 5.89. The summed E-state index contributed by atoms with van der Waals surface area (Å²) in [5.41, 5.74) is 3.78. The van der Waals surface area contributed by atoms with Crippen LogP contribution < -0.4 is 15.5 Å². The molecule has 0 aliphatic rings. The van der Waals surface area contributed by atoms with E-state index in [2.05, 4.69) is 17.6 Å².